The number of hydrogen-bond acceptors (Lipinski definition) is 3. The molecule has 2 heterocycles. The van der Waals surface area contributed by atoms with Crippen LogP contribution in [0.3, 0.4) is 0 Å². The van der Waals surface area contributed by atoms with E-state index < -0.39 is 5.54 Å². The van der Waals surface area contributed by atoms with Gasteiger partial charge in [-0.1, -0.05) is 38.5 Å². The minimum Gasteiger partial charge on any atom is -0.301 e. The van der Waals surface area contributed by atoms with Crippen molar-refractivity contribution in [2.45, 2.75) is 69.7 Å². The number of nitrogens with zero attached hydrogens (tertiary/aromatic N) is 3. The summed E-state index contributed by atoms with van der Waals surface area (Å²) in [4.78, 5) is 24.0. The molecule has 2 aliphatic carbocycles. The Hall–Kier alpha value is -1.45. The number of hydrogen-bond donors (Lipinski definition) is 0. The van der Waals surface area contributed by atoms with Crippen LogP contribution in [0.5, 0.6) is 0 Å². The molecular formula is C18H25N3O. The molecule has 4 heteroatoms. The fraction of sp³-hybridized carbons (Fsp3) is 0.722. The SMILES string of the molecule is O=C1N=C2N=CC=CN2C1(C1CCCCC1)C1CCCCC1. The van der Waals surface area contributed by atoms with Crippen molar-refractivity contribution in [1.82, 2.24) is 4.90 Å². The van der Waals surface area contributed by atoms with Crippen LogP contribution in [0.4, 0.5) is 0 Å². The van der Waals surface area contributed by atoms with Gasteiger partial charge >= 0.3 is 0 Å². The molecule has 0 N–H and O–H groups in total. The lowest BCUT2D eigenvalue weighted by Crippen LogP contribution is -2.60. The van der Waals surface area contributed by atoms with Crippen LogP contribution < -0.4 is 0 Å². The van der Waals surface area contributed by atoms with E-state index >= 15 is 0 Å². The number of guanidine groups is 1. The van der Waals surface area contributed by atoms with E-state index in [1.165, 1.54) is 64.2 Å². The molecule has 4 rings (SSSR count). The molecule has 0 bridgehead atoms. The largest absolute Gasteiger partial charge is 0.301 e. The first-order valence-electron chi connectivity index (χ1n) is 8.97. The third-order valence-electron chi connectivity index (χ3n) is 6.12. The molecule has 22 heavy (non-hydrogen) atoms. The van der Waals surface area contributed by atoms with E-state index in [-0.39, 0.29) is 5.91 Å². The summed E-state index contributed by atoms with van der Waals surface area (Å²) < 4.78 is 0. The molecule has 4 aliphatic rings. The van der Waals surface area contributed by atoms with Gasteiger partial charge in [0.15, 0.2) is 0 Å². The molecule has 0 spiro atoms. The number of rotatable bonds is 2. The Morgan fingerprint density at radius 2 is 1.55 bits per heavy atom. The standard InChI is InChI=1S/C18H25N3O/c22-16-18(14-8-3-1-4-9-14,15-10-5-2-6-11-15)21-13-7-12-19-17(21)20-16/h7,12-15H,1-6,8-11H2. The molecule has 4 nitrogen and oxygen atoms in total. The molecular weight excluding hydrogens is 274 g/mol. The van der Waals surface area contributed by atoms with Crippen LogP contribution in [0.2, 0.25) is 0 Å². The summed E-state index contributed by atoms with van der Waals surface area (Å²) in [7, 11) is 0. The monoisotopic (exact) mass is 299 g/mol. The van der Waals surface area contributed by atoms with Crippen molar-refractivity contribution in [3.8, 4) is 0 Å². The van der Waals surface area contributed by atoms with E-state index in [4.69, 9.17) is 0 Å². The minimum atomic E-state index is -0.426. The number of allylic oxidation sites excluding steroid dienone is 1. The van der Waals surface area contributed by atoms with Gasteiger partial charge in [0.1, 0.15) is 5.54 Å². The summed E-state index contributed by atoms with van der Waals surface area (Å²) in [5.41, 5.74) is -0.426. The Bertz CT molecular complexity index is 519. The molecule has 118 valence electrons. The van der Waals surface area contributed by atoms with Crippen molar-refractivity contribution in [2.75, 3.05) is 0 Å². The van der Waals surface area contributed by atoms with Gasteiger partial charge in [0, 0.05) is 12.4 Å². The predicted molar refractivity (Wildman–Crippen MR) is 87.8 cm³/mol. The zero-order chi connectivity index (χ0) is 15.0. The normalized spacial score (nSPS) is 28.8. The van der Waals surface area contributed by atoms with E-state index in [1.807, 2.05) is 6.08 Å². The highest BCUT2D eigenvalue weighted by Gasteiger charge is 2.59. The van der Waals surface area contributed by atoms with E-state index in [9.17, 15) is 4.79 Å². The highest BCUT2D eigenvalue weighted by atomic mass is 16.2. The Morgan fingerprint density at radius 1 is 0.955 bits per heavy atom. The number of aliphatic imine (C=N–C) groups is 2. The van der Waals surface area contributed by atoms with Gasteiger partial charge in [-0.15, -0.1) is 0 Å². The van der Waals surface area contributed by atoms with E-state index in [0.717, 1.165) is 0 Å². The molecule has 2 fully saturated rings. The molecule has 2 saturated carbocycles. The number of carbonyl (C=O) groups is 1. The van der Waals surface area contributed by atoms with Crippen LogP contribution >= 0.6 is 0 Å². The highest BCUT2D eigenvalue weighted by Crippen LogP contribution is 2.49. The van der Waals surface area contributed by atoms with E-state index in [2.05, 4.69) is 21.1 Å². The molecule has 0 aromatic carbocycles. The molecule has 0 saturated heterocycles. The van der Waals surface area contributed by atoms with Gasteiger partial charge < -0.3 is 4.90 Å². The van der Waals surface area contributed by atoms with Crippen molar-refractivity contribution < 1.29 is 4.79 Å². The molecule has 0 aromatic heterocycles. The van der Waals surface area contributed by atoms with Gasteiger partial charge in [-0.3, -0.25) is 4.79 Å². The first-order chi connectivity index (χ1) is 10.8. The van der Waals surface area contributed by atoms with Crippen molar-refractivity contribution in [3.05, 3.63) is 12.3 Å². The fourth-order valence-corrected chi connectivity index (χ4v) is 5.18. The quantitative estimate of drug-likeness (QED) is 0.780. The Balaban J connectivity index is 1.76. The van der Waals surface area contributed by atoms with Crippen molar-refractivity contribution in [3.63, 3.8) is 0 Å². The molecule has 0 aromatic rings. The molecule has 0 radical (unpaired) electrons. The van der Waals surface area contributed by atoms with Crippen LogP contribution in [0.15, 0.2) is 22.3 Å². The zero-order valence-corrected chi connectivity index (χ0v) is 13.2. The lowest BCUT2D eigenvalue weighted by molar-refractivity contribution is -0.133. The Morgan fingerprint density at radius 3 is 2.14 bits per heavy atom. The first-order valence-corrected chi connectivity index (χ1v) is 8.97. The van der Waals surface area contributed by atoms with Crippen LogP contribution in [-0.2, 0) is 4.79 Å². The first kappa shape index (κ1) is 14.2. The van der Waals surface area contributed by atoms with Gasteiger partial charge in [0.2, 0.25) is 5.96 Å². The number of carbonyl (C=O) groups excluding carboxylic acids is 1. The maximum absolute atomic E-state index is 13.1. The average molecular weight is 299 g/mol. The number of amides is 1. The smallest absolute Gasteiger partial charge is 0.275 e. The maximum Gasteiger partial charge on any atom is 0.275 e. The predicted octanol–water partition coefficient (Wildman–Crippen LogP) is 3.68. The van der Waals surface area contributed by atoms with Gasteiger partial charge in [-0.25, -0.2) is 4.99 Å². The summed E-state index contributed by atoms with van der Waals surface area (Å²) in [5, 5.41) is 0. The summed E-state index contributed by atoms with van der Waals surface area (Å²) in [6.45, 7) is 0. The van der Waals surface area contributed by atoms with Crippen LogP contribution in [0.25, 0.3) is 0 Å². The Kier molecular flexibility index (Phi) is 3.63. The third-order valence-corrected chi connectivity index (χ3v) is 6.12. The van der Waals surface area contributed by atoms with E-state index in [0.29, 0.717) is 17.8 Å². The summed E-state index contributed by atoms with van der Waals surface area (Å²) in [6.07, 6.45) is 18.1. The van der Waals surface area contributed by atoms with E-state index in [1.54, 1.807) is 6.21 Å². The van der Waals surface area contributed by atoms with Crippen LogP contribution in [-0.4, -0.2) is 28.5 Å². The molecule has 1 amide bonds. The fourth-order valence-electron chi connectivity index (χ4n) is 5.18. The second-order valence-corrected chi connectivity index (χ2v) is 7.20. The molecule has 2 aliphatic heterocycles. The van der Waals surface area contributed by atoms with Gasteiger partial charge in [-0.05, 0) is 43.6 Å². The lowest BCUT2D eigenvalue weighted by Gasteiger charge is -2.49. The van der Waals surface area contributed by atoms with Crippen molar-refractivity contribution in [1.29, 1.82) is 0 Å². The van der Waals surface area contributed by atoms with Crippen molar-refractivity contribution >= 4 is 18.1 Å². The highest BCUT2D eigenvalue weighted by molar-refractivity contribution is 6.10. The summed E-state index contributed by atoms with van der Waals surface area (Å²) in [6, 6.07) is 0. The maximum atomic E-state index is 13.1. The van der Waals surface area contributed by atoms with Gasteiger partial charge in [-0.2, -0.15) is 4.99 Å². The minimum absolute atomic E-state index is 0.0880. The topological polar surface area (TPSA) is 45.0 Å². The number of fused-ring (bicyclic) bond motifs is 1. The second kappa shape index (κ2) is 5.64. The van der Waals surface area contributed by atoms with Crippen LogP contribution in [0, 0.1) is 11.8 Å². The zero-order valence-electron chi connectivity index (χ0n) is 13.2. The van der Waals surface area contributed by atoms with Crippen molar-refractivity contribution in [2.24, 2.45) is 21.8 Å². The third kappa shape index (κ3) is 1.99. The van der Waals surface area contributed by atoms with Gasteiger partial charge in [0.05, 0.1) is 0 Å². The second-order valence-electron chi connectivity index (χ2n) is 7.20. The Labute approximate surface area is 132 Å². The average Bonchev–Trinajstić information content (AvgIpc) is 2.89. The molecule has 0 atom stereocenters. The van der Waals surface area contributed by atoms with Crippen LogP contribution in [0.1, 0.15) is 64.2 Å². The van der Waals surface area contributed by atoms with Gasteiger partial charge in [0.25, 0.3) is 5.91 Å². The lowest BCUT2D eigenvalue weighted by atomic mass is 9.63. The molecule has 0 unspecified atom stereocenters. The summed E-state index contributed by atoms with van der Waals surface area (Å²) >= 11 is 0. The summed E-state index contributed by atoms with van der Waals surface area (Å²) in [5.74, 6) is 1.60.